The molecule has 3 rings (SSSR count). The molecule has 0 unspecified atom stereocenters. The maximum atomic E-state index is 11.9. The van der Waals surface area contributed by atoms with Gasteiger partial charge in [-0.1, -0.05) is 46.3 Å². The van der Waals surface area contributed by atoms with E-state index in [0.29, 0.717) is 0 Å². The smallest absolute Gasteiger partial charge is 0.263 e. The Bertz CT molecular complexity index is 734. The molecule has 0 radical (unpaired) electrons. The minimum absolute atomic E-state index is 0.0676. The average Bonchev–Trinajstić information content (AvgIpc) is 2.69. The Morgan fingerprint density at radius 2 is 1.80 bits per heavy atom. The van der Waals surface area contributed by atoms with Gasteiger partial charge in [0.1, 0.15) is 0 Å². The molecule has 0 saturated carbocycles. The highest BCUT2D eigenvalue weighted by atomic mass is 79.9. The number of nitrogens with one attached hydrogen (secondary N) is 2. The van der Waals surface area contributed by atoms with Crippen molar-refractivity contribution in [2.75, 3.05) is 0 Å². The van der Waals surface area contributed by atoms with Crippen molar-refractivity contribution in [3.8, 4) is 0 Å². The first kappa shape index (κ1) is 13.3. The van der Waals surface area contributed by atoms with Crippen molar-refractivity contribution in [3.63, 3.8) is 0 Å². The number of carbonyl (C=O) groups is 1. The van der Waals surface area contributed by atoms with Crippen LogP contribution in [0, 0.1) is 0 Å². The van der Waals surface area contributed by atoms with Gasteiger partial charge in [-0.15, -0.1) is 0 Å². The van der Waals surface area contributed by atoms with Gasteiger partial charge in [-0.25, -0.2) is 5.43 Å². The third-order valence-corrected chi connectivity index (χ3v) is 4.30. The molecule has 20 heavy (non-hydrogen) atoms. The Labute approximate surface area is 126 Å². The normalized spacial score (nSPS) is 19.6. The molecule has 4 heteroatoms. The molecule has 3 nitrogen and oxygen atoms in total. The molecule has 0 spiro atoms. The van der Waals surface area contributed by atoms with E-state index in [9.17, 15) is 4.79 Å². The number of hydrazine groups is 1. The summed E-state index contributed by atoms with van der Waals surface area (Å²) in [6.07, 6.45) is 1.96. The molecule has 1 heterocycles. The fourth-order valence-electron chi connectivity index (χ4n) is 2.44. The Morgan fingerprint density at radius 3 is 2.45 bits per heavy atom. The third-order valence-electron chi connectivity index (χ3n) is 3.61. The number of hydrogen-bond acceptors (Lipinski definition) is 2. The van der Waals surface area contributed by atoms with Gasteiger partial charge in [0.2, 0.25) is 0 Å². The van der Waals surface area contributed by atoms with E-state index in [2.05, 4.69) is 38.9 Å². The van der Waals surface area contributed by atoms with Crippen molar-refractivity contribution >= 4 is 38.7 Å². The quantitative estimate of drug-likeness (QED) is 0.787. The lowest BCUT2D eigenvalue weighted by Gasteiger charge is -2.17. The number of rotatable bonds is 1. The van der Waals surface area contributed by atoms with Gasteiger partial charge >= 0.3 is 0 Å². The maximum Gasteiger partial charge on any atom is 0.263 e. The first-order valence-corrected chi connectivity index (χ1v) is 7.25. The second kappa shape index (κ2) is 4.72. The van der Waals surface area contributed by atoms with Crippen LogP contribution in [-0.4, -0.2) is 11.4 Å². The van der Waals surface area contributed by atoms with Gasteiger partial charge in [0.15, 0.2) is 0 Å². The number of carbonyl (C=O) groups excluding carboxylic acids is 1. The van der Waals surface area contributed by atoms with E-state index in [0.717, 1.165) is 26.4 Å². The van der Waals surface area contributed by atoms with Crippen LogP contribution in [0.4, 0.5) is 0 Å². The lowest BCUT2D eigenvalue weighted by Crippen LogP contribution is -2.38. The first-order valence-electron chi connectivity index (χ1n) is 6.46. The van der Waals surface area contributed by atoms with Gasteiger partial charge in [0.05, 0.1) is 5.54 Å². The number of amides is 1. The second-order valence-corrected chi connectivity index (χ2v) is 6.30. The summed E-state index contributed by atoms with van der Waals surface area (Å²) < 4.78 is 1.06. The lowest BCUT2D eigenvalue weighted by molar-refractivity contribution is -0.116. The van der Waals surface area contributed by atoms with Crippen LogP contribution in [0.15, 0.2) is 46.4 Å². The molecule has 2 aromatic carbocycles. The molecule has 0 atom stereocenters. The minimum Gasteiger partial charge on any atom is -0.287 e. The predicted octanol–water partition coefficient (Wildman–Crippen LogP) is 3.40. The molecular formula is C16H15BrN2O. The van der Waals surface area contributed by atoms with E-state index in [4.69, 9.17) is 0 Å². The van der Waals surface area contributed by atoms with Gasteiger partial charge in [-0.2, -0.15) is 0 Å². The molecule has 0 aromatic heterocycles. The fourth-order valence-corrected chi connectivity index (χ4v) is 2.92. The summed E-state index contributed by atoms with van der Waals surface area (Å²) in [5.41, 5.74) is 7.09. The van der Waals surface area contributed by atoms with Crippen LogP contribution in [-0.2, 0) is 4.79 Å². The highest BCUT2D eigenvalue weighted by molar-refractivity contribution is 9.10. The fraction of sp³-hybridized carbons (Fsp3) is 0.188. The van der Waals surface area contributed by atoms with Gasteiger partial charge in [0, 0.05) is 10.0 Å². The molecule has 1 amide bonds. The summed E-state index contributed by atoms with van der Waals surface area (Å²) in [5.74, 6) is -0.0676. The summed E-state index contributed by atoms with van der Waals surface area (Å²) in [6.45, 7) is 3.97. The first-order chi connectivity index (χ1) is 9.49. The highest BCUT2D eigenvalue weighted by Gasteiger charge is 2.34. The van der Waals surface area contributed by atoms with Gasteiger partial charge in [-0.05, 0) is 42.3 Å². The molecule has 1 aliphatic rings. The van der Waals surface area contributed by atoms with Crippen molar-refractivity contribution in [2.24, 2.45) is 0 Å². The Kier molecular flexibility index (Phi) is 3.15. The molecule has 0 bridgehead atoms. The molecule has 1 saturated heterocycles. The molecule has 102 valence electrons. The van der Waals surface area contributed by atoms with Crippen LogP contribution in [0.5, 0.6) is 0 Å². The molecule has 2 aromatic rings. The van der Waals surface area contributed by atoms with Crippen LogP contribution in [0.2, 0.25) is 0 Å². The van der Waals surface area contributed by atoms with E-state index in [1.54, 1.807) is 0 Å². The molecular weight excluding hydrogens is 316 g/mol. The average molecular weight is 331 g/mol. The van der Waals surface area contributed by atoms with E-state index in [-0.39, 0.29) is 11.4 Å². The van der Waals surface area contributed by atoms with Crippen LogP contribution in [0.25, 0.3) is 16.8 Å². The second-order valence-electron chi connectivity index (χ2n) is 5.44. The van der Waals surface area contributed by atoms with E-state index < -0.39 is 0 Å². The summed E-state index contributed by atoms with van der Waals surface area (Å²) in [6, 6.07) is 12.2. The zero-order chi connectivity index (χ0) is 14.3. The van der Waals surface area contributed by atoms with Crippen molar-refractivity contribution in [3.05, 3.63) is 52.0 Å². The van der Waals surface area contributed by atoms with Crippen LogP contribution < -0.4 is 10.9 Å². The van der Waals surface area contributed by atoms with Crippen molar-refractivity contribution in [1.29, 1.82) is 0 Å². The van der Waals surface area contributed by atoms with Gasteiger partial charge in [0.25, 0.3) is 5.91 Å². The highest BCUT2D eigenvalue weighted by Crippen LogP contribution is 2.30. The number of hydrogen-bond donors (Lipinski definition) is 2. The Balaban J connectivity index is 2.21. The molecule has 0 aliphatic carbocycles. The van der Waals surface area contributed by atoms with E-state index in [1.807, 2.05) is 44.2 Å². The van der Waals surface area contributed by atoms with Gasteiger partial charge < -0.3 is 0 Å². The van der Waals surface area contributed by atoms with E-state index in [1.165, 1.54) is 0 Å². The zero-order valence-corrected chi connectivity index (χ0v) is 12.9. The van der Waals surface area contributed by atoms with Gasteiger partial charge in [-0.3, -0.25) is 10.2 Å². The third kappa shape index (κ3) is 2.15. The van der Waals surface area contributed by atoms with Crippen molar-refractivity contribution in [2.45, 2.75) is 19.4 Å². The largest absolute Gasteiger partial charge is 0.287 e. The summed E-state index contributed by atoms with van der Waals surface area (Å²) in [7, 11) is 0. The van der Waals surface area contributed by atoms with Crippen molar-refractivity contribution in [1.82, 2.24) is 10.9 Å². The summed E-state index contributed by atoms with van der Waals surface area (Å²) >= 11 is 3.57. The molecule has 1 aliphatic heterocycles. The lowest BCUT2D eigenvalue weighted by atomic mass is 9.92. The maximum absolute atomic E-state index is 11.9. The minimum atomic E-state index is -0.370. The summed E-state index contributed by atoms with van der Waals surface area (Å²) in [4.78, 5) is 11.9. The topological polar surface area (TPSA) is 41.1 Å². The number of halogens is 1. The van der Waals surface area contributed by atoms with Crippen LogP contribution in [0.1, 0.15) is 19.4 Å². The van der Waals surface area contributed by atoms with Crippen molar-refractivity contribution < 1.29 is 4.79 Å². The Morgan fingerprint density at radius 1 is 1.10 bits per heavy atom. The SMILES string of the molecule is CC1(C)NNC(=O)/C1=C\c1ccc(Br)c2ccccc12. The summed E-state index contributed by atoms with van der Waals surface area (Å²) in [5, 5.41) is 2.27. The Hall–Kier alpha value is -1.65. The zero-order valence-electron chi connectivity index (χ0n) is 11.3. The van der Waals surface area contributed by atoms with E-state index >= 15 is 0 Å². The standard InChI is InChI=1S/C16H15BrN2O/c1-16(2)13(15(20)18-19-16)9-10-7-8-14(17)12-6-4-3-5-11(10)12/h3-9,19H,1-2H3,(H,18,20)/b13-9+. The van der Waals surface area contributed by atoms with Crippen LogP contribution in [0.3, 0.4) is 0 Å². The predicted molar refractivity (Wildman–Crippen MR) is 85.0 cm³/mol. The number of fused-ring (bicyclic) bond motifs is 1. The monoisotopic (exact) mass is 330 g/mol. The van der Waals surface area contributed by atoms with Crippen LogP contribution >= 0.6 is 15.9 Å². The molecule has 1 fully saturated rings. The molecule has 2 N–H and O–H groups in total. The number of benzene rings is 2.